The van der Waals surface area contributed by atoms with Crippen molar-refractivity contribution < 1.29 is 14.3 Å². The lowest BCUT2D eigenvalue weighted by Crippen LogP contribution is -2.05. The minimum atomic E-state index is -0.539. The van der Waals surface area contributed by atoms with E-state index in [1.807, 2.05) is 13.8 Å². The predicted molar refractivity (Wildman–Crippen MR) is 74.4 cm³/mol. The minimum Gasteiger partial charge on any atom is -0.464 e. The Labute approximate surface area is 121 Å². The zero-order valence-corrected chi connectivity index (χ0v) is 12.1. The van der Waals surface area contributed by atoms with E-state index in [-0.39, 0.29) is 5.69 Å². The van der Waals surface area contributed by atoms with Crippen LogP contribution in [0, 0.1) is 13.8 Å². The monoisotopic (exact) mass is 292 g/mol. The zero-order valence-electron chi connectivity index (χ0n) is 11.3. The van der Waals surface area contributed by atoms with Crippen LogP contribution >= 0.6 is 11.6 Å². The number of carbonyl (C=O) groups excluding carboxylic acids is 1. The number of hydrogen-bond acceptors (Lipinski definition) is 5. The van der Waals surface area contributed by atoms with Gasteiger partial charge in [0.1, 0.15) is 5.75 Å². The Kier molecular flexibility index (Phi) is 4.20. The summed E-state index contributed by atoms with van der Waals surface area (Å²) >= 11 is 5.96. The molecule has 104 valence electrons. The molecule has 0 amide bonds. The molecule has 2 aromatic rings. The van der Waals surface area contributed by atoms with E-state index in [0.29, 0.717) is 16.7 Å². The van der Waals surface area contributed by atoms with Gasteiger partial charge in [-0.25, -0.2) is 14.8 Å². The molecule has 0 saturated carbocycles. The second-order valence-corrected chi connectivity index (χ2v) is 4.64. The maximum atomic E-state index is 11.2. The second-order valence-electron chi connectivity index (χ2n) is 4.20. The molecule has 0 radical (unpaired) electrons. The molecule has 0 bridgehead atoms. The molecule has 0 spiro atoms. The number of esters is 1. The third-order valence-corrected chi connectivity index (χ3v) is 2.87. The minimum absolute atomic E-state index is 0.129. The molecule has 1 aromatic heterocycles. The molecule has 2 rings (SSSR count). The van der Waals surface area contributed by atoms with E-state index in [1.165, 1.54) is 19.5 Å². The molecule has 0 saturated heterocycles. The SMILES string of the molecule is COC(=O)c1cnc(Oc2c(C)cc(Cl)cc2C)cn1. The molecule has 0 aliphatic carbocycles. The number of methoxy groups -OCH3 is 1. The van der Waals surface area contributed by atoms with Crippen molar-refractivity contribution in [2.24, 2.45) is 0 Å². The fourth-order valence-electron chi connectivity index (χ4n) is 1.74. The quantitative estimate of drug-likeness (QED) is 0.812. The maximum absolute atomic E-state index is 11.2. The Balaban J connectivity index is 2.25. The molecule has 0 unspecified atom stereocenters. The molecule has 0 aliphatic heterocycles. The van der Waals surface area contributed by atoms with Crippen molar-refractivity contribution in [3.8, 4) is 11.6 Å². The van der Waals surface area contributed by atoms with Gasteiger partial charge in [-0.1, -0.05) is 11.6 Å². The van der Waals surface area contributed by atoms with Gasteiger partial charge in [-0.05, 0) is 37.1 Å². The van der Waals surface area contributed by atoms with Crippen LogP contribution in [-0.2, 0) is 4.74 Å². The third kappa shape index (κ3) is 3.05. The van der Waals surface area contributed by atoms with Crippen LogP contribution < -0.4 is 4.74 Å². The van der Waals surface area contributed by atoms with E-state index in [1.54, 1.807) is 12.1 Å². The summed E-state index contributed by atoms with van der Waals surface area (Å²) in [5, 5.41) is 0.652. The lowest BCUT2D eigenvalue weighted by atomic mass is 10.1. The molecule has 1 aromatic carbocycles. The molecule has 1 heterocycles. The average molecular weight is 293 g/mol. The van der Waals surface area contributed by atoms with Crippen LogP contribution in [0.1, 0.15) is 21.6 Å². The number of aromatic nitrogens is 2. The van der Waals surface area contributed by atoms with Gasteiger partial charge >= 0.3 is 5.97 Å². The summed E-state index contributed by atoms with van der Waals surface area (Å²) in [6.45, 7) is 3.79. The first-order valence-corrected chi connectivity index (χ1v) is 6.24. The van der Waals surface area contributed by atoms with Crippen molar-refractivity contribution in [1.82, 2.24) is 9.97 Å². The van der Waals surface area contributed by atoms with Gasteiger partial charge in [-0.2, -0.15) is 0 Å². The molecular weight excluding hydrogens is 280 g/mol. The number of hydrogen-bond donors (Lipinski definition) is 0. The lowest BCUT2D eigenvalue weighted by molar-refractivity contribution is 0.0593. The van der Waals surface area contributed by atoms with Gasteiger partial charge in [0, 0.05) is 5.02 Å². The predicted octanol–water partition coefficient (Wildman–Crippen LogP) is 3.33. The first-order chi connectivity index (χ1) is 9.51. The van der Waals surface area contributed by atoms with E-state index in [4.69, 9.17) is 16.3 Å². The van der Waals surface area contributed by atoms with Crippen molar-refractivity contribution in [2.45, 2.75) is 13.8 Å². The fraction of sp³-hybridized carbons (Fsp3) is 0.214. The molecular formula is C14H13ClN2O3. The number of halogens is 1. The molecule has 0 fully saturated rings. The number of rotatable bonds is 3. The molecule has 0 N–H and O–H groups in total. The Morgan fingerprint density at radius 1 is 1.15 bits per heavy atom. The molecule has 20 heavy (non-hydrogen) atoms. The first-order valence-electron chi connectivity index (χ1n) is 5.86. The second kappa shape index (κ2) is 5.88. The third-order valence-electron chi connectivity index (χ3n) is 2.65. The normalized spacial score (nSPS) is 10.2. The van der Waals surface area contributed by atoms with Gasteiger partial charge < -0.3 is 9.47 Å². The van der Waals surface area contributed by atoms with Crippen molar-refractivity contribution >= 4 is 17.6 Å². The number of carbonyl (C=O) groups is 1. The number of benzene rings is 1. The van der Waals surface area contributed by atoms with Crippen molar-refractivity contribution in [3.63, 3.8) is 0 Å². The van der Waals surface area contributed by atoms with E-state index >= 15 is 0 Å². The van der Waals surface area contributed by atoms with Gasteiger partial charge in [-0.15, -0.1) is 0 Å². The van der Waals surface area contributed by atoms with E-state index < -0.39 is 5.97 Å². The van der Waals surface area contributed by atoms with Crippen LogP contribution in [0.15, 0.2) is 24.5 Å². The van der Waals surface area contributed by atoms with Gasteiger partial charge in [-0.3, -0.25) is 0 Å². The Hall–Kier alpha value is -2.14. The standard InChI is InChI=1S/C14H13ClN2O3/c1-8-4-10(15)5-9(2)13(8)20-12-7-16-11(6-17-12)14(18)19-3/h4-7H,1-3H3. The summed E-state index contributed by atoms with van der Waals surface area (Å²) in [4.78, 5) is 19.2. The highest BCUT2D eigenvalue weighted by Crippen LogP contribution is 2.30. The van der Waals surface area contributed by atoms with Crippen molar-refractivity contribution in [3.05, 3.63) is 46.4 Å². The highest BCUT2D eigenvalue weighted by Gasteiger charge is 2.11. The Morgan fingerprint density at radius 2 is 1.80 bits per heavy atom. The average Bonchev–Trinajstić information content (AvgIpc) is 2.42. The zero-order chi connectivity index (χ0) is 14.7. The first kappa shape index (κ1) is 14.3. The highest BCUT2D eigenvalue weighted by atomic mass is 35.5. The van der Waals surface area contributed by atoms with E-state index in [9.17, 15) is 4.79 Å². The van der Waals surface area contributed by atoms with Crippen molar-refractivity contribution in [1.29, 1.82) is 0 Å². The van der Waals surface area contributed by atoms with Crippen LogP contribution in [0.3, 0.4) is 0 Å². The summed E-state index contributed by atoms with van der Waals surface area (Å²) in [6, 6.07) is 3.61. The molecule has 5 nitrogen and oxygen atoms in total. The number of ether oxygens (including phenoxy) is 2. The van der Waals surface area contributed by atoms with Gasteiger partial charge in [0.15, 0.2) is 5.69 Å². The summed E-state index contributed by atoms with van der Waals surface area (Å²) in [6.07, 6.45) is 2.68. The Bertz CT molecular complexity index is 618. The molecule has 0 atom stereocenters. The van der Waals surface area contributed by atoms with Crippen LogP contribution in [0.25, 0.3) is 0 Å². The van der Waals surface area contributed by atoms with Gasteiger partial charge in [0.2, 0.25) is 5.88 Å². The highest BCUT2D eigenvalue weighted by molar-refractivity contribution is 6.30. The Morgan fingerprint density at radius 3 is 2.30 bits per heavy atom. The fourth-order valence-corrected chi connectivity index (χ4v) is 2.07. The number of nitrogens with zero attached hydrogens (tertiary/aromatic N) is 2. The summed E-state index contributed by atoms with van der Waals surface area (Å²) in [7, 11) is 1.29. The summed E-state index contributed by atoms with van der Waals surface area (Å²) < 4.78 is 10.2. The van der Waals surface area contributed by atoms with Crippen LogP contribution in [-0.4, -0.2) is 23.0 Å². The van der Waals surface area contributed by atoms with Crippen molar-refractivity contribution in [2.75, 3.05) is 7.11 Å². The summed E-state index contributed by atoms with van der Waals surface area (Å²) in [5.41, 5.74) is 1.92. The maximum Gasteiger partial charge on any atom is 0.358 e. The number of aryl methyl sites for hydroxylation is 2. The smallest absolute Gasteiger partial charge is 0.358 e. The van der Waals surface area contributed by atoms with Gasteiger partial charge in [0.05, 0.1) is 19.5 Å². The van der Waals surface area contributed by atoms with E-state index in [2.05, 4.69) is 14.7 Å². The van der Waals surface area contributed by atoms with E-state index in [0.717, 1.165) is 11.1 Å². The van der Waals surface area contributed by atoms with Crippen LogP contribution in [0.5, 0.6) is 11.6 Å². The topological polar surface area (TPSA) is 61.3 Å². The molecule has 0 aliphatic rings. The lowest BCUT2D eigenvalue weighted by Gasteiger charge is -2.11. The van der Waals surface area contributed by atoms with Gasteiger partial charge in [0.25, 0.3) is 0 Å². The largest absolute Gasteiger partial charge is 0.464 e. The van der Waals surface area contributed by atoms with Crippen LogP contribution in [0.2, 0.25) is 5.02 Å². The van der Waals surface area contributed by atoms with Crippen LogP contribution in [0.4, 0.5) is 0 Å². The molecule has 6 heteroatoms. The summed E-state index contributed by atoms with van der Waals surface area (Å²) in [5.74, 6) is 0.434.